The van der Waals surface area contributed by atoms with E-state index in [1.54, 1.807) is 24.3 Å². The number of hydrogen-bond acceptors (Lipinski definition) is 6. The fourth-order valence-corrected chi connectivity index (χ4v) is 4.31. The maximum atomic E-state index is 14.6. The van der Waals surface area contributed by atoms with Crippen LogP contribution in [-0.4, -0.2) is 64.9 Å². The second-order valence-electron chi connectivity index (χ2n) is 8.84. The van der Waals surface area contributed by atoms with E-state index >= 15 is 0 Å². The smallest absolute Gasteiger partial charge is 0.307 e. The highest BCUT2D eigenvalue weighted by Crippen LogP contribution is 2.39. The predicted molar refractivity (Wildman–Crippen MR) is 125 cm³/mol. The van der Waals surface area contributed by atoms with Crippen LogP contribution in [0, 0.1) is 11.8 Å². The van der Waals surface area contributed by atoms with Crippen LogP contribution in [0.1, 0.15) is 18.4 Å². The number of amides is 2. The van der Waals surface area contributed by atoms with Crippen LogP contribution < -0.4 is 15.8 Å². The van der Waals surface area contributed by atoms with Gasteiger partial charge in [-0.25, -0.2) is 4.39 Å². The van der Waals surface area contributed by atoms with Crippen LogP contribution in [0.25, 0.3) is 11.1 Å². The molecule has 2 aromatic carbocycles. The van der Waals surface area contributed by atoms with Crippen LogP contribution in [0.2, 0.25) is 0 Å². The van der Waals surface area contributed by atoms with Crippen molar-refractivity contribution in [3.63, 3.8) is 0 Å². The summed E-state index contributed by atoms with van der Waals surface area (Å²) in [5.41, 5.74) is 8.81. The van der Waals surface area contributed by atoms with Crippen LogP contribution >= 0.6 is 0 Å². The van der Waals surface area contributed by atoms with Crippen molar-refractivity contribution in [3.8, 4) is 16.9 Å². The number of nitrogens with one attached hydrogen (secondary N) is 1. The third kappa shape index (κ3) is 5.60. The van der Waals surface area contributed by atoms with E-state index in [2.05, 4.69) is 5.32 Å². The molecule has 4 atom stereocenters. The summed E-state index contributed by atoms with van der Waals surface area (Å²) in [5.74, 6) is -2.44. The molecule has 0 aromatic heterocycles. The molecule has 9 nitrogen and oxygen atoms in total. The monoisotopic (exact) mass is 485 g/mol. The van der Waals surface area contributed by atoms with Gasteiger partial charge in [0.25, 0.3) is 0 Å². The van der Waals surface area contributed by atoms with Gasteiger partial charge in [-0.2, -0.15) is 0 Å². The number of carboxylic acids is 1. The molecule has 1 saturated carbocycles. The normalized spacial score (nSPS) is 23.5. The molecule has 0 unspecified atom stereocenters. The van der Waals surface area contributed by atoms with Gasteiger partial charge >= 0.3 is 5.97 Å². The Bertz CT molecular complexity index is 1130. The fourth-order valence-electron chi connectivity index (χ4n) is 4.31. The topological polar surface area (TPSA) is 142 Å². The standard InChI is InChI=1S/C25H28FN3O6/c26-20-12-29(23(31)13-30)7-6-22(20)35-21-5-4-15(8-16(21)11-27)14-2-1-3-17(9-14)28-24(32)18-10-19(18)25(33)34/h1-5,8-9,18-20,22,30H,6-7,10-13,27H2,(H,28,32)(H,33,34)/t18-,19+,20-,22+/m1/s1. The summed E-state index contributed by atoms with van der Waals surface area (Å²) in [4.78, 5) is 36.2. The first-order valence-corrected chi connectivity index (χ1v) is 11.5. The zero-order valence-corrected chi connectivity index (χ0v) is 19.0. The first-order valence-electron chi connectivity index (χ1n) is 11.5. The average Bonchev–Trinajstić information content (AvgIpc) is 3.67. The van der Waals surface area contributed by atoms with Gasteiger partial charge < -0.3 is 30.9 Å². The molecule has 0 spiro atoms. The Balaban J connectivity index is 1.44. The van der Waals surface area contributed by atoms with E-state index < -0.39 is 42.6 Å². The number of benzene rings is 2. The van der Waals surface area contributed by atoms with E-state index in [1.807, 2.05) is 18.2 Å². The predicted octanol–water partition coefficient (Wildman–Crippen LogP) is 1.78. The lowest BCUT2D eigenvalue weighted by atomic mass is 10.0. The van der Waals surface area contributed by atoms with E-state index in [0.29, 0.717) is 36.4 Å². The van der Waals surface area contributed by atoms with E-state index in [4.69, 9.17) is 20.7 Å². The zero-order chi connectivity index (χ0) is 25.1. The van der Waals surface area contributed by atoms with Crippen LogP contribution in [0.5, 0.6) is 5.75 Å². The highest BCUT2D eigenvalue weighted by Gasteiger charge is 2.48. The number of aliphatic hydroxyl groups is 1. The van der Waals surface area contributed by atoms with Crippen molar-refractivity contribution in [2.24, 2.45) is 17.6 Å². The highest BCUT2D eigenvalue weighted by molar-refractivity contribution is 5.98. The molecule has 186 valence electrons. The van der Waals surface area contributed by atoms with Gasteiger partial charge in [-0.15, -0.1) is 0 Å². The van der Waals surface area contributed by atoms with Crippen molar-refractivity contribution < 1.29 is 33.7 Å². The van der Waals surface area contributed by atoms with Crippen LogP contribution in [0.3, 0.4) is 0 Å². The number of carbonyl (C=O) groups is 3. The van der Waals surface area contributed by atoms with Gasteiger partial charge in [0.15, 0.2) is 6.17 Å². The number of hydrogen-bond donors (Lipinski definition) is 4. The summed E-state index contributed by atoms with van der Waals surface area (Å²) >= 11 is 0. The number of nitrogens with zero attached hydrogens (tertiary/aromatic N) is 1. The fraction of sp³-hybridized carbons (Fsp3) is 0.400. The highest BCUT2D eigenvalue weighted by atomic mass is 19.1. The molecule has 0 radical (unpaired) electrons. The van der Waals surface area contributed by atoms with Crippen LogP contribution in [0.15, 0.2) is 42.5 Å². The lowest BCUT2D eigenvalue weighted by Gasteiger charge is -2.34. The third-order valence-corrected chi connectivity index (χ3v) is 6.44. The molecular formula is C25H28FN3O6. The maximum Gasteiger partial charge on any atom is 0.307 e. The Morgan fingerprint density at radius 1 is 1.14 bits per heavy atom. The van der Waals surface area contributed by atoms with Crippen molar-refractivity contribution in [2.75, 3.05) is 25.0 Å². The van der Waals surface area contributed by atoms with Gasteiger partial charge in [0.05, 0.1) is 18.4 Å². The van der Waals surface area contributed by atoms with Gasteiger partial charge in [-0.1, -0.05) is 18.2 Å². The Hall–Kier alpha value is -3.50. The number of rotatable bonds is 8. The maximum absolute atomic E-state index is 14.6. The Morgan fingerprint density at radius 2 is 1.91 bits per heavy atom. The summed E-state index contributed by atoms with van der Waals surface area (Å²) in [7, 11) is 0. The molecule has 5 N–H and O–H groups in total. The van der Waals surface area contributed by atoms with Gasteiger partial charge in [0.1, 0.15) is 18.5 Å². The molecule has 10 heteroatoms. The summed E-state index contributed by atoms with van der Waals surface area (Å²) in [6.45, 7) is -0.318. The minimum Gasteiger partial charge on any atom is -0.487 e. The Kier molecular flexibility index (Phi) is 7.32. The molecule has 1 aliphatic carbocycles. The molecule has 2 fully saturated rings. The minimum absolute atomic E-state index is 0.132. The molecule has 2 amide bonds. The Labute approximate surface area is 201 Å². The number of aliphatic carboxylic acids is 1. The second-order valence-corrected chi connectivity index (χ2v) is 8.84. The number of nitrogens with two attached hydrogens (primary N) is 1. The first-order chi connectivity index (χ1) is 16.8. The number of anilines is 1. The van der Waals surface area contributed by atoms with E-state index in [0.717, 1.165) is 11.1 Å². The number of halogens is 1. The summed E-state index contributed by atoms with van der Waals surface area (Å²) in [6.07, 6.45) is -1.48. The SMILES string of the molecule is NCc1cc(-c2cccc(NC(=O)[C@@H]3C[C@@H]3C(=O)O)c2)ccc1O[C@H]1CCN(C(=O)CO)C[C@H]1F. The van der Waals surface area contributed by atoms with Gasteiger partial charge in [0.2, 0.25) is 11.8 Å². The lowest BCUT2D eigenvalue weighted by molar-refractivity contribution is -0.140. The van der Waals surface area contributed by atoms with Crippen molar-refractivity contribution in [2.45, 2.75) is 31.7 Å². The summed E-state index contributed by atoms with van der Waals surface area (Å²) in [6, 6.07) is 12.6. The third-order valence-electron chi connectivity index (χ3n) is 6.44. The largest absolute Gasteiger partial charge is 0.487 e. The molecule has 2 aliphatic rings. The Morgan fingerprint density at radius 3 is 2.57 bits per heavy atom. The summed E-state index contributed by atoms with van der Waals surface area (Å²) < 4.78 is 20.6. The number of carbonyl (C=O) groups excluding carboxylic acids is 2. The number of piperidine rings is 1. The number of carboxylic acid groups (broad SMARTS) is 1. The van der Waals surface area contributed by atoms with Crippen LogP contribution in [-0.2, 0) is 20.9 Å². The van der Waals surface area contributed by atoms with Crippen LogP contribution in [0.4, 0.5) is 10.1 Å². The lowest BCUT2D eigenvalue weighted by Crippen LogP contribution is -2.50. The van der Waals surface area contributed by atoms with E-state index in [1.165, 1.54) is 4.90 Å². The van der Waals surface area contributed by atoms with E-state index in [-0.39, 0.29) is 19.0 Å². The second kappa shape index (κ2) is 10.4. The molecule has 1 heterocycles. The minimum atomic E-state index is -1.39. The molecular weight excluding hydrogens is 457 g/mol. The van der Waals surface area contributed by atoms with Crippen molar-refractivity contribution in [3.05, 3.63) is 48.0 Å². The van der Waals surface area contributed by atoms with Gasteiger partial charge in [-0.05, 0) is 41.8 Å². The number of ether oxygens (including phenoxy) is 1. The summed E-state index contributed by atoms with van der Waals surface area (Å²) in [5, 5.41) is 20.8. The molecule has 4 rings (SSSR count). The van der Waals surface area contributed by atoms with Gasteiger partial charge in [-0.3, -0.25) is 14.4 Å². The number of aliphatic hydroxyl groups excluding tert-OH is 1. The molecule has 1 saturated heterocycles. The van der Waals surface area contributed by atoms with Crippen molar-refractivity contribution >= 4 is 23.5 Å². The van der Waals surface area contributed by atoms with Gasteiger partial charge in [0, 0.05) is 30.8 Å². The van der Waals surface area contributed by atoms with Crippen molar-refractivity contribution in [1.29, 1.82) is 0 Å². The molecule has 35 heavy (non-hydrogen) atoms. The number of likely N-dealkylation sites (tertiary alicyclic amines) is 1. The number of alkyl halides is 1. The molecule has 1 aliphatic heterocycles. The van der Waals surface area contributed by atoms with E-state index in [9.17, 15) is 18.8 Å². The quantitative estimate of drug-likeness (QED) is 0.446. The first kappa shape index (κ1) is 24.6. The molecule has 2 aromatic rings. The molecule has 0 bridgehead atoms. The van der Waals surface area contributed by atoms with Crippen molar-refractivity contribution in [1.82, 2.24) is 4.90 Å². The zero-order valence-electron chi connectivity index (χ0n) is 19.0. The average molecular weight is 486 g/mol.